The van der Waals surface area contributed by atoms with E-state index in [4.69, 9.17) is 4.74 Å². The average molecular weight is 166 g/mol. The number of aryl methyl sites for hydroxylation is 1. The van der Waals surface area contributed by atoms with Crippen molar-refractivity contribution in [1.29, 1.82) is 0 Å². The minimum Gasteiger partial charge on any atom is -0.371 e. The van der Waals surface area contributed by atoms with E-state index >= 15 is 0 Å². The van der Waals surface area contributed by atoms with Gasteiger partial charge in [0, 0.05) is 5.69 Å². The number of hydrogen-bond donors (Lipinski definition) is 0. The van der Waals surface area contributed by atoms with Crippen molar-refractivity contribution in [3.8, 4) is 0 Å². The fourth-order valence-electron chi connectivity index (χ4n) is 1.33. The lowest BCUT2D eigenvalue weighted by Crippen LogP contribution is -2.07. The van der Waals surface area contributed by atoms with Crippen LogP contribution in [0.1, 0.15) is 17.0 Å². The summed E-state index contributed by atoms with van der Waals surface area (Å²) in [4.78, 5) is 0. The van der Waals surface area contributed by atoms with E-state index in [2.05, 4.69) is 18.9 Å². The molecule has 66 valence electrons. The smallest absolute Gasteiger partial charge is 0.100 e. The molecule has 0 unspecified atom stereocenters. The second-order valence-corrected chi connectivity index (χ2v) is 3.43. The van der Waals surface area contributed by atoms with Crippen LogP contribution in [-0.4, -0.2) is 22.5 Å². The molecule has 0 saturated carbocycles. The average Bonchev–Trinajstić information content (AvgIpc) is 2.80. The Balaban J connectivity index is 2.23. The van der Waals surface area contributed by atoms with Crippen LogP contribution < -0.4 is 0 Å². The van der Waals surface area contributed by atoms with E-state index < -0.39 is 0 Å². The summed E-state index contributed by atoms with van der Waals surface area (Å²) in [6, 6.07) is 0. The number of rotatable bonds is 2. The highest BCUT2D eigenvalue weighted by atomic mass is 16.6. The topological polar surface area (TPSA) is 30.4 Å². The van der Waals surface area contributed by atoms with E-state index in [0.717, 1.165) is 18.8 Å². The monoisotopic (exact) mass is 166 g/mol. The second kappa shape index (κ2) is 2.59. The molecule has 1 aliphatic rings. The van der Waals surface area contributed by atoms with Crippen LogP contribution in [-0.2, 0) is 11.3 Å². The first-order valence-electron chi connectivity index (χ1n) is 4.30. The summed E-state index contributed by atoms with van der Waals surface area (Å²) in [5, 5.41) is 4.43. The Hall–Kier alpha value is -0.830. The lowest BCUT2D eigenvalue weighted by Gasteiger charge is -2.00. The van der Waals surface area contributed by atoms with E-state index in [-0.39, 0.29) is 0 Å². The van der Waals surface area contributed by atoms with Crippen LogP contribution in [0.3, 0.4) is 0 Å². The zero-order valence-corrected chi connectivity index (χ0v) is 7.79. The zero-order valence-electron chi connectivity index (χ0n) is 7.79. The van der Waals surface area contributed by atoms with Crippen molar-refractivity contribution in [2.75, 3.05) is 6.61 Å². The van der Waals surface area contributed by atoms with Gasteiger partial charge in [0.2, 0.25) is 0 Å². The third-order valence-corrected chi connectivity index (χ3v) is 2.52. The molecular formula is C9H14N2O. The van der Waals surface area contributed by atoms with Gasteiger partial charge in [-0.3, -0.25) is 4.68 Å². The summed E-state index contributed by atoms with van der Waals surface area (Å²) in [5.41, 5.74) is 3.70. The SMILES string of the molecule is Cc1nn(C[C@H]2CO2)c(C)c1C. The number of aromatic nitrogens is 2. The predicted octanol–water partition coefficient (Wildman–Crippen LogP) is 1.21. The Labute approximate surface area is 72.3 Å². The van der Waals surface area contributed by atoms with Crippen LogP contribution in [0, 0.1) is 20.8 Å². The molecule has 0 radical (unpaired) electrons. The van der Waals surface area contributed by atoms with Crippen molar-refractivity contribution in [3.63, 3.8) is 0 Å². The number of epoxide rings is 1. The van der Waals surface area contributed by atoms with E-state index in [1.54, 1.807) is 0 Å². The van der Waals surface area contributed by atoms with Crippen LogP contribution >= 0.6 is 0 Å². The molecule has 12 heavy (non-hydrogen) atoms. The highest BCUT2D eigenvalue weighted by Gasteiger charge is 2.24. The molecule has 0 aromatic carbocycles. The molecule has 1 saturated heterocycles. The van der Waals surface area contributed by atoms with Crippen LogP contribution in [0.5, 0.6) is 0 Å². The predicted molar refractivity (Wildman–Crippen MR) is 46.2 cm³/mol. The van der Waals surface area contributed by atoms with Gasteiger partial charge in [0.25, 0.3) is 0 Å². The van der Waals surface area contributed by atoms with Crippen molar-refractivity contribution in [3.05, 3.63) is 17.0 Å². The third kappa shape index (κ3) is 1.25. The summed E-state index contributed by atoms with van der Waals surface area (Å²) in [6.45, 7) is 8.09. The van der Waals surface area contributed by atoms with Crippen molar-refractivity contribution >= 4 is 0 Å². The Kier molecular flexibility index (Phi) is 1.68. The van der Waals surface area contributed by atoms with Crippen molar-refractivity contribution in [2.24, 2.45) is 0 Å². The molecule has 1 fully saturated rings. The van der Waals surface area contributed by atoms with Gasteiger partial charge in [0.15, 0.2) is 0 Å². The highest BCUT2D eigenvalue weighted by molar-refractivity contribution is 5.22. The third-order valence-electron chi connectivity index (χ3n) is 2.52. The first-order chi connectivity index (χ1) is 5.68. The normalized spacial score (nSPS) is 21.4. The summed E-state index contributed by atoms with van der Waals surface area (Å²) in [5.74, 6) is 0. The summed E-state index contributed by atoms with van der Waals surface area (Å²) >= 11 is 0. The summed E-state index contributed by atoms with van der Waals surface area (Å²) < 4.78 is 7.20. The van der Waals surface area contributed by atoms with Gasteiger partial charge in [-0.25, -0.2) is 0 Å². The maximum absolute atomic E-state index is 5.16. The van der Waals surface area contributed by atoms with Gasteiger partial charge < -0.3 is 4.74 Å². The van der Waals surface area contributed by atoms with Crippen LogP contribution in [0.2, 0.25) is 0 Å². The molecule has 0 N–H and O–H groups in total. The van der Waals surface area contributed by atoms with Crippen molar-refractivity contribution < 1.29 is 4.74 Å². The van der Waals surface area contributed by atoms with Gasteiger partial charge in [0.1, 0.15) is 6.10 Å². The minimum atomic E-state index is 0.419. The Morgan fingerprint density at radius 2 is 2.17 bits per heavy atom. The molecule has 2 heterocycles. The zero-order chi connectivity index (χ0) is 8.72. The Morgan fingerprint density at radius 3 is 2.58 bits per heavy atom. The second-order valence-electron chi connectivity index (χ2n) is 3.43. The van der Waals surface area contributed by atoms with Crippen LogP contribution in [0.25, 0.3) is 0 Å². The van der Waals surface area contributed by atoms with Gasteiger partial charge >= 0.3 is 0 Å². The molecule has 0 aliphatic carbocycles. The molecule has 0 amide bonds. The summed E-state index contributed by atoms with van der Waals surface area (Å²) in [6.07, 6.45) is 0.419. The Bertz CT molecular complexity index is 300. The van der Waals surface area contributed by atoms with Crippen molar-refractivity contribution in [2.45, 2.75) is 33.4 Å². The summed E-state index contributed by atoms with van der Waals surface area (Å²) in [7, 11) is 0. The van der Waals surface area contributed by atoms with Gasteiger partial charge in [0.05, 0.1) is 18.8 Å². The van der Waals surface area contributed by atoms with Gasteiger partial charge in [-0.2, -0.15) is 5.10 Å². The number of ether oxygens (including phenoxy) is 1. The van der Waals surface area contributed by atoms with Gasteiger partial charge in [-0.1, -0.05) is 0 Å². The van der Waals surface area contributed by atoms with Gasteiger partial charge in [-0.15, -0.1) is 0 Å². The standard InChI is InChI=1S/C9H14N2O/c1-6-7(2)10-11(8(6)3)4-9-5-12-9/h9H,4-5H2,1-3H3/t9-/m0/s1. The maximum atomic E-state index is 5.16. The first kappa shape index (κ1) is 7.80. The molecule has 1 atom stereocenters. The lowest BCUT2D eigenvalue weighted by molar-refractivity contribution is 0.371. The fraction of sp³-hybridized carbons (Fsp3) is 0.667. The number of hydrogen-bond acceptors (Lipinski definition) is 2. The largest absolute Gasteiger partial charge is 0.371 e. The molecule has 1 aromatic rings. The molecule has 2 rings (SSSR count). The quantitative estimate of drug-likeness (QED) is 0.618. The van der Waals surface area contributed by atoms with E-state index in [1.807, 2.05) is 11.6 Å². The molecule has 1 aromatic heterocycles. The molecule has 3 heteroatoms. The molecule has 3 nitrogen and oxygen atoms in total. The van der Waals surface area contributed by atoms with E-state index in [0.29, 0.717) is 6.10 Å². The van der Waals surface area contributed by atoms with E-state index in [1.165, 1.54) is 11.3 Å². The molecule has 1 aliphatic heterocycles. The lowest BCUT2D eigenvalue weighted by atomic mass is 10.2. The molecular weight excluding hydrogens is 152 g/mol. The number of nitrogens with zero attached hydrogens (tertiary/aromatic N) is 2. The minimum absolute atomic E-state index is 0.419. The highest BCUT2D eigenvalue weighted by Crippen LogP contribution is 2.16. The first-order valence-corrected chi connectivity index (χ1v) is 4.30. The molecule has 0 bridgehead atoms. The van der Waals surface area contributed by atoms with Crippen molar-refractivity contribution in [1.82, 2.24) is 9.78 Å². The van der Waals surface area contributed by atoms with Gasteiger partial charge in [-0.05, 0) is 26.3 Å². The Morgan fingerprint density at radius 1 is 1.50 bits per heavy atom. The van der Waals surface area contributed by atoms with Crippen LogP contribution in [0.15, 0.2) is 0 Å². The van der Waals surface area contributed by atoms with Crippen LogP contribution in [0.4, 0.5) is 0 Å². The van der Waals surface area contributed by atoms with E-state index in [9.17, 15) is 0 Å². The molecule has 0 spiro atoms. The maximum Gasteiger partial charge on any atom is 0.100 e. The fourth-order valence-corrected chi connectivity index (χ4v) is 1.33.